The Bertz CT molecular complexity index is 590. The molecule has 3 nitrogen and oxygen atoms in total. The van der Waals surface area contributed by atoms with Crippen molar-refractivity contribution in [3.8, 4) is 16.9 Å². The first-order valence-electron chi connectivity index (χ1n) is 6.62. The molecule has 0 radical (unpaired) electrons. The van der Waals surface area contributed by atoms with Gasteiger partial charge in [-0.2, -0.15) is 0 Å². The number of hydrogen-bond donors (Lipinski definition) is 0. The number of hydrogen-bond acceptors (Lipinski definition) is 3. The van der Waals surface area contributed by atoms with Crippen molar-refractivity contribution in [3.05, 3.63) is 54.1 Å². The second-order valence-corrected chi connectivity index (χ2v) is 4.38. The lowest BCUT2D eigenvalue weighted by Gasteiger charge is -2.09. The third kappa shape index (κ3) is 3.38. The summed E-state index contributed by atoms with van der Waals surface area (Å²) >= 11 is 0. The fourth-order valence-corrected chi connectivity index (χ4v) is 2.11. The minimum Gasteiger partial charge on any atom is -0.496 e. The summed E-state index contributed by atoms with van der Waals surface area (Å²) in [6, 6.07) is 15.7. The average molecular weight is 270 g/mol. The van der Waals surface area contributed by atoms with Crippen molar-refractivity contribution in [2.24, 2.45) is 0 Å². The number of carbonyl (C=O) groups excluding carboxylic acids is 1. The molecule has 0 amide bonds. The molecule has 0 saturated carbocycles. The van der Waals surface area contributed by atoms with Gasteiger partial charge >= 0.3 is 5.97 Å². The van der Waals surface area contributed by atoms with Gasteiger partial charge in [-0.3, -0.25) is 4.79 Å². The predicted octanol–water partition coefficient (Wildman–Crippen LogP) is 3.47. The van der Waals surface area contributed by atoms with Crippen molar-refractivity contribution >= 4 is 5.97 Å². The fraction of sp³-hybridized carbons (Fsp3) is 0.235. The Morgan fingerprint density at radius 3 is 2.65 bits per heavy atom. The molecule has 3 heteroatoms. The van der Waals surface area contributed by atoms with Crippen molar-refractivity contribution in [1.29, 1.82) is 0 Å². The number of rotatable bonds is 5. The third-order valence-corrected chi connectivity index (χ3v) is 3.00. The van der Waals surface area contributed by atoms with Gasteiger partial charge in [-0.25, -0.2) is 0 Å². The molecule has 0 spiro atoms. The van der Waals surface area contributed by atoms with Crippen molar-refractivity contribution in [2.75, 3.05) is 13.7 Å². The lowest BCUT2D eigenvalue weighted by Crippen LogP contribution is -2.07. The Morgan fingerprint density at radius 1 is 1.10 bits per heavy atom. The van der Waals surface area contributed by atoms with Crippen LogP contribution in [0.2, 0.25) is 0 Å². The molecule has 0 saturated heterocycles. The van der Waals surface area contributed by atoms with Gasteiger partial charge in [-0.1, -0.05) is 42.5 Å². The van der Waals surface area contributed by atoms with Gasteiger partial charge in [0.05, 0.1) is 20.1 Å². The average Bonchev–Trinajstić information content (AvgIpc) is 2.47. The molecule has 2 rings (SSSR count). The van der Waals surface area contributed by atoms with E-state index in [1.165, 1.54) is 0 Å². The molecule has 0 N–H and O–H groups in total. The quantitative estimate of drug-likeness (QED) is 0.780. The van der Waals surface area contributed by atoms with Crippen LogP contribution in [-0.2, 0) is 16.0 Å². The highest BCUT2D eigenvalue weighted by Gasteiger charge is 2.08. The summed E-state index contributed by atoms with van der Waals surface area (Å²) in [4.78, 5) is 11.5. The highest BCUT2D eigenvalue weighted by Crippen LogP contribution is 2.30. The predicted molar refractivity (Wildman–Crippen MR) is 78.8 cm³/mol. The summed E-state index contributed by atoms with van der Waals surface area (Å²) in [5.74, 6) is 0.616. The van der Waals surface area contributed by atoms with Crippen LogP contribution in [0.5, 0.6) is 5.75 Å². The van der Waals surface area contributed by atoms with E-state index in [-0.39, 0.29) is 12.4 Å². The second-order valence-electron chi connectivity index (χ2n) is 4.38. The Labute approximate surface area is 119 Å². The molecule has 0 aliphatic heterocycles. The Morgan fingerprint density at radius 2 is 1.90 bits per heavy atom. The normalized spacial score (nSPS) is 10.1. The van der Waals surface area contributed by atoms with Crippen LogP contribution in [0.4, 0.5) is 0 Å². The molecule has 0 aliphatic carbocycles. The largest absolute Gasteiger partial charge is 0.496 e. The number of ether oxygens (including phenoxy) is 2. The molecule has 0 aliphatic rings. The monoisotopic (exact) mass is 270 g/mol. The summed E-state index contributed by atoms with van der Waals surface area (Å²) in [5.41, 5.74) is 2.98. The van der Waals surface area contributed by atoms with Crippen LogP contribution < -0.4 is 4.74 Å². The topological polar surface area (TPSA) is 35.5 Å². The van der Waals surface area contributed by atoms with Crippen molar-refractivity contribution in [2.45, 2.75) is 13.3 Å². The van der Waals surface area contributed by atoms with Crippen LogP contribution in [0.3, 0.4) is 0 Å². The number of benzene rings is 2. The second kappa shape index (κ2) is 6.75. The van der Waals surface area contributed by atoms with Crippen molar-refractivity contribution < 1.29 is 14.3 Å². The maximum atomic E-state index is 11.5. The molecule has 0 fully saturated rings. The van der Waals surface area contributed by atoms with E-state index in [2.05, 4.69) is 0 Å². The summed E-state index contributed by atoms with van der Waals surface area (Å²) in [6.45, 7) is 2.22. The molecule has 104 valence electrons. The van der Waals surface area contributed by atoms with Crippen molar-refractivity contribution in [1.82, 2.24) is 0 Å². The van der Waals surface area contributed by atoms with E-state index in [4.69, 9.17) is 9.47 Å². The van der Waals surface area contributed by atoms with E-state index in [1.54, 1.807) is 7.11 Å². The van der Waals surface area contributed by atoms with Gasteiger partial charge in [-0.05, 0) is 24.1 Å². The van der Waals surface area contributed by atoms with Crippen LogP contribution >= 0.6 is 0 Å². The summed E-state index contributed by atoms with van der Waals surface area (Å²) in [5, 5.41) is 0. The van der Waals surface area contributed by atoms with Crippen LogP contribution in [0, 0.1) is 0 Å². The molecule has 2 aromatic carbocycles. The summed E-state index contributed by atoms with van der Waals surface area (Å²) in [6.07, 6.45) is 0.289. The van der Waals surface area contributed by atoms with Gasteiger partial charge in [-0.15, -0.1) is 0 Å². The third-order valence-electron chi connectivity index (χ3n) is 3.00. The van der Waals surface area contributed by atoms with Gasteiger partial charge in [0.1, 0.15) is 5.75 Å². The summed E-state index contributed by atoms with van der Waals surface area (Å²) in [7, 11) is 1.65. The number of para-hydroxylation sites is 1. The van der Waals surface area contributed by atoms with Crippen LogP contribution in [0.1, 0.15) is 12.5 Å². The van der Waals surface area contributed by atoms with E-state index in [1.807, 2.05) is 55.5 Å². The summed E-state index contributed by atoms with van der Waals surface area (Å²) < 4.78 is 10.3. The van der Waals surface area contributed by atoms with Crippen LogP contribution in [0.15, 0.2) is 48.5 Å². The number of esters is 1. The zero-order valence-electron chi connectivity index (χ0n) is 11.8. The number of carbonyl (C=O) groups is 1. The molecule has 0 bridgehead atoms. The van der Waals surface area contributed by atoms with E-state index in [0.29, 0.717) is 6.61 Å². The first-order chi connectivity index (χ1) is 9.74. The van der Waals surface area contributed by atoms with Gasteiger partial charge < -0.3 is 9.47 Å². The van der Waals surface area contributed by atoms with E-state index < -0.39 is 0 Å². The Kier molecular flexibility index (Phi) is 4.77. The minimum absolute atomic E-state index is 0.204. The lowest BCUT2D eigenvalue weighted by molar-refractivity contribution is -0.142. The van der Waals surface area contributed by atoms with Gasteiger partial charge in [0.15, 0.2) is 0 Å². The molecular weight excluding hydrogens is 252 g/mol. The highest BCUT2D eigenvalue weighted by molar-refractivity contribution is 5.75. The zero-order valence-corrected chi connectivity index (χ0v) is 11.8. The Balaban J connectivity index is 2.27. The highest BCUT2D eigenvalue weighted by atomic mass is 16.5. The molecule has 20 heavy (non-hydrogen) atoms. The first-order valence-corrected chi connectivity index (χ1v) is 6.62. The molecule has 0 unspecified atom stereocenters. The minimum atomic E-state index is -0.204. The Hall–Kier alpha value is -2.29. The molecule has 2 aromatic rings. The maximum absolute atomic E-state index is 11.5. The van der Waals surface area contributed by atoms with E-state index in [0.717, 1.165) is 22.4 Å². The van der Waals surface area contributed by atoms with E-state index >= 15 is 0 Å². The maximum Gasteiger partial charge on any atom is 0.310 e. The molecular formula is C17H18O3. The smallest absolute Gasteiger partial charge is 0.310 e. The first kappa shape index (κ1) is 14.1. The fourth-order valence-electron chi connectivity index (χ4n) is 2.11. The zero-order chi connectivity index (χ0) is 14.4. The number of methoxy groups -OCH3 is 1. The van der Waals surface area contributed by atoms with E-state index in [9.17, 15) is 4.79 Å². The molecule has 0 heterocycles. The SMILES string of the molecule is CCOC(=O)Cc1cccc(-c2ccccc2OC)c1. The van der Waals surface area contributed by atoms with Gasteiger partial charge in [0, 0.05) is 5.56 Å². The lowest BCUT2D eigenvalue weighted by atomic mass is 10.0. The standard InChI is InChI=1S/C17H18O3/c1-3-20-17(18)12-13-7-6-8-14(11-13)15-9-4-5-10-16(15)19-2/h4-11H,3,12H2,1-2H3. The van der Waals surface area contributed by atoms with Crippen molar-refractivity contribution in [3.63, 3.8) is 0 Å². The molecule has 0 aromatic heterocycles. The van der Waals surface area contributed by atoms with Gasteiger partial charge in [0.25, 0.3) is 0 Å². The van der Waals surface area contributed by atoms with Crippen LogP contribution in [0.25, 0.3) is 11.1 Å². The van der Waals surface area contributed by atoms with Crippen LogP contribution in [-0.4, -0.2) is 19.7 Å². The molecule has 0 atom stereocenters. The van der Waals surface area contributed by atoms with Gasteiger partial charge in [0.2, 0.25) is 0 Å².